The van der Waals surface area contributed by atoms with E-state index < -0.39 is 6.04 Å². The van der Waals surface area contributed by atoms with E-state index in [1.807, 2.05) is 0 Å². The molecule has 0 fully saturated rings. The van der Waals surface area contributed by atoms with Crippen molar-refractivity contribution in [3.63, 3.8) is 0 Å². The molecule has 2 nitrogen and oxygen atoms in total. The van der Waals surface area contributed by atoms with Crippen LogP contribution < -0.4 is 5.73 Å². The Morgan fingerprint density at radius 3 is 2.91 bits per heavy atom. The van der Waals surface area contributed by atoms with Crippen molar-refractivity contribution in [2.75, 3.05) is 0 Å². The molecule has 0 radical (unpaired) electrons. The Labute approximate surface area is 67.5 Å². The van der Waals surface area contributed by atoms with Gasteiger partial charge in [0.25, 0.3) is 0 Å². The van der Waals surface area contributed by atoms with E-state index in [1.54, 1.807) is 13.0 Å². The summed E-state index contributed by atoms with van der Waals surface area (Å²) in [7, 11) is 0. The van der Waals surface area contributed by atoms with Gasteiger partial charge in [-0.05, 0) is 13.3 Å². The van der Waals surface area contributed by atoms with Crippen molar-refractivity contribution in [3.05, 3.63) is 12.7 Å². The molecule has 0 bridgehead atoms. The quantitative estimate of drug-likeness (QED) is 0.478. The van der Waals surface area contributed by atoms with Crippen molar-refractivity contribution in [3.8, 4) is 11.8 Å². The first-order valence-electron chi connectivity index (χ1n) is 3.51. The summed E-state index contributed by atoms with van der Waals surface area (Å²) < 4.78 is 0. The maximum atomic E-state index is 11.0. The van der Waals surface area contributed by atoms with Crippen LogP contribution >= 0.6 is 0 Å². The second kappa shape index (κ2) is 5.70. The molecule has 60 valence electrons. The van der Waals surface area contributed by atoms with Crippen LogP contribution in [0.2, 0.25) is 0 Å². The van der Waals surface area contributed by atoms with Crippen molar-refractivity contribution in [1.29, 1.82) is 0 Å². The number of rotatable bonds is 4. The van der Waals surface area contributed by atoms with Gasteiger partial charge >= 0.3 is 0 Å². The van der Waals surface area contributed by atoms with Crippen molar-refractivity contribution in [2.24, 2.45) is 5.73 Å². The number of nitrogens with two attached hydrogens (primary N) is 1. The lowest BCUT2D eigenvalue weighted by atomic mass is 10.1. The molecular formula is C9H13NO. The minimum absolute atomic E-state index is 0.0146. The fourth-order valence-electron chi connectivity index (χ4n) is 0.618. The molecule has 0 saturated carbocycles. The van der Waals surface area contributed by atoms with Gasteiger partial charge < -0.3 is 5.73 Å². The number of hydrogen-bond donors (Lipinski definition) is 1. The lowest BCUT2D eigenvalue weighted by molar-refractivity contribution is -0.119. The predicted octanol–water partition coefficient (Wildman–Crippen LogP) is 0.872. The summed E-state index contributed by atoms with van der Waals surface area (Å²) in [5.74, 6) is 5.30. The normalized spacial score (nSPS) is 11.1. The Morgan fingerprint density at radius 2 is 2.45 bits per heavy atom. The Kier molecular flexibility index (Phi) is 5.14. The number of ketones is 1. The summed E-state index contributed by atoms with van der Waals surface area (Å²) in [5, 5.41) is 0. The SMILES string of the molecule is C=CCC(N)C(=O)CC#CC. The van der Waals surface area contributed by atoms with Gasteiger partial charge in [0.15, 0.2) is 5.78 Å². The first-order valence-corrected chi connectivity index (χ1v) is 3.51. The molecule has 0 aromatic heterocycles. The molecule has 0 rings (SSSR count). The van der Waals surface area contributed by atoms with E-state index in [4.69, 9.17) is 5.73 Å². The van der Waals surface area contributed by atoms with Crippen LogP contribution in [0.4, 0.5) is 0 Å². The van der Waals surface area contributed by atoms with Crippen LogP contribution in [0.25, 0.3) is 0 Å². The maximum Gasteiger partial charge on any atom is 0.161 e. The lowest BCUT2D eigenvalue weighted by Crippen LogP contribution is -2.29. The molecule has 11 heavy (non-hydrogen) atoms. The molecular weight excluding hydrogens is 138 g/mol. The van der Waals surface area contributed by atoms with Crippen LogP contribution in [-0.2, 0) is 4.79 Å². The lowest BCUT2D eigenvalue weighted by Gasteiger charge is -2.03. The van der Waals surface area contributed by atoms with Gasteiger partial charge in [0.05, 0.1) is 12.5 Å². The van der Waals surface area contributed by atoms with E-state index in [2.05, 4.69) is 18.4 Å². The molecule has 0 amide bonds. The Morgan fingerprint density at radius 1 is 1.82 bits per heavy atom. The highest BCUT2D eigenvalue weighted by molar-refractivity contribution is 5.85. The maximum absolute atomic E-state index is 11.0. The highest BCUT2D eigenvalue weighted by Crippen LogP contribution is 1.93. The molecule has 0 spiro atoms. The van der Waals surface area contributed by atoms with Gasteiger partial charge in [-0.15, -0.1) is 12.5 Å². The zero-order valence-corrected chi connectivity index (χ0v) is 6.76. The third kappa shape index (κ3) is 4.35. The van der Waals surface area contributed by atoms with Gasteiger partial charge in [0, 0.05) is 0 Å². The van der Waals surface area contributed by atoms with E-state index in [1.165, 1.54) is 0 Å². The van der Waals surface area contributed by atoms with Gasteiger partial charge in [-0.3, -0.25) is 4.79 Å². The molecule has 0 aromatic rings. The summed E-state index contributed by atoms with van der Waals surface area (Å²) in [6.07, 6.45) is 2.43. The summed E-state index contributed by atoms with van der Waals surface area (Å²) in [6, 6.07) is -0.423. The van der Waals surface area contributed by atoms with E-state index in [0.717, 1.165) is 0 Å². The first-order chi connectivity index (χ1) is 5.22. The average molecular weight is 151 g/mol. The number of carbonyl (C=O) groups excluding carboxylic acids is 1. The standard InChI is InChI=1S/C9H13NO/c1-3-5-7-9(11)8(10)6-4-2/h4,8H,2,6-7,10H2,1H3. The molecule has 0 saturated heterocycles. The van der Waals surface area contributed by atoms with Gasteiger partial charge in [-0.2, -0.15) is 0 Å². The van der Waals surface area contributed by atoms with Gasteiger partial charge in [0.1, 0.15) is 0 Å². The molecule has 2 heteroatoms. The summed E-state index contributed by atoms with van der Waals surface area (Å²) in [4.78, 5) is 11.0. The van der Waals surface area contributed by atoms with E-state index >= 15 is 0 Å². The molecule has 1 atom stereocenters. The van der Waals surface area contributed by atoms with Gasteiger partial charge in [-0.25, -0.2) is 0 Å². The first kappa shape index (κ1) is 9.93. The van der Waals surface area contributed by atoms with Crippen molar-refractivity contribution in [1.82, 2.24) is 0 Å². The van der Waals surface area contributed by atoms with Crippen molar-refractivity contribution in [2.45, 2.75) is 25.8 Å². The highest BCUT2D eigenvalue weighted by atomic mass is 16.1. The zero-order valence-electron chi connectivity index (χ0n) is 6.76. The topological polar surface area (TPSA) is 43.1 Å². The Balaban J connectivity index is 3.78. The van der Waals surface area contributed by atoms with Crippen LogP contribution in [0.5, 0.6) is 0 Å². The summed E-state index contributed by atoms with van der Waals surface area (Å²) in [5.41, 5.74) is 5.48. The van der Waals surface area contributed by atoms with Crippen molar-refractivity contribution < 1.29 is 4.79 Å². The fourth-order valence-corrected chi connectivity index (χ4v) is 0.618. The minimum atomic E-state index is -0.423. The molecule has 1 unspecified atom stereocenters. The van der Waals surface area contributed by atoms with Crippen LogP contribution in [0, 0.1) is 11.8 Å². The molecule has 2 N–H and O–H groups in total. The Bertz CT molecular complexity index is 197. The third-order valence-corrected chi connectivity index (χ3v) is 1.27. The molecule has 0 aliphatic heterocycles. The van der Waals surface area contributed by atoms with Gasteiger partial charge in [0.2, 0.25) is 0 Å². The van der Waals surface area contributed by atoms with E-state index in [0.29, 0.717) is 6.42 Å². The van der Waals surface area contributed by atoms with Crippen molar-refractivity contribution >= 4 is 5.78 Å². The number of carbonyl (C=O) groups is 1. The number of hydrogen-bond acceptors (Lipinski definition) is 2. The largest absolute Gasteiger partial charge is 0.321 e. The second-order valence-corrected chi connectivity index (χ2v) is 2.20. The summed E-state index contributed by atoms with van der Waals surface area (Å²) >= 11 is 0. The number of Topliss-reactive ketones (excluding diaryl/α,β-unsaturated/α-hetero) is 1. The monoisotopic (exact) mass is 151 g/mol. The van der Waals surface area contributed by atoms with Crippen LogP contribution in [0.3, 0.4) is 0 Å². The smallest absolute Gasteiger partial charge is 0.161 e. The molecule has 0 aliphatic rings. The average Bonchev–Trinajstić information content (AvgIpc) is 2.00. The summed E-state index contributed by atoms with van der Waals surface area (Å²) in [6.45, 7) is 5.20. The van der Waals surface area contributed by atoms with Crippen LogP contribution in [0.1, 0.15) is 19.8 Å². The second-order valence-electron chi connectivity index (χ2n) is 2.20. The van der Waals surface area contributed by atoms with Gasteiger partial charge in [-0.1, -0.05) is 12.0 Å². The van der Waals surface area contributed by atoms with E-state index in [9.17, 15) is 4.79 Å². The molecule has 0 aliphatic carbocycles. The van der Waals surface area contributed by atoms with Crippen LogP contribution in [-0.4, -0.2) is 11.8 Å². The Hall–Kier alpha value is -1.07. The van der Waals surface area contributed by atoms with Crippen LogP contribution in [0.15, 0.2) is 12.7 Å². The fraction of sp³-hybridized carbons (Fsp3) is 0.444. The predicted molar refractivity (Wildman–Crippen MR) is 45.9 cm³/mol. The third-order valence-electron chi connectivity index (χ3n) is 1.27. The molecule has 0 aromatic carbocycles. The molecule has 0 heterocycles. The highest BCUT2D eigenvalue weighted by Gasteiger charge is 2.08. The zero-order chi connectivity index (χ0) is 8.69. The minimum Gasteiger partial charge on any atom is -0.321 e. The van der Waals surface area contributed by atoms with E-state index in [-0.39, 0.29) is 12.2 Å².